The third-order valence-electron chi connectivity index (χ3n) is 3.70. The lowest BCUT2D eigenvalue weighted by molar-refractivity contribution is -0.153. The van der Waals surface area contributed by atoms with E-state index in [1.807, 2.05) is 0 Å². The minimum atomic E-state index is -0.893. The van der Waals surface area contributed by atoms with E-state index >= 15 is 0 Å². The van der Waals surface area contributed by atoms with Crippen molar-refractivity contribution in [1.29, 1.82) is 0 Å². The third-order valence-corrected chi connectivity index (χ3v) is 3.70. The van der Waals surface area contributed by atoms with Crippen molar-refractivity contribution in [3.8, 4) is 0 Å². The van der Waals surface area contributed by atoms with E-state index in [2.05, 4.69) is 0 Å². The van der Waals surface area contributed by atoms with Gasteiger partial charge < -0.3 is 19.5 Å². The van der Waals surface area contributed by atoms with Gasteiger partial charge in [-0.05, 0) is 40.0 Å². The zero-order valence-corrected chi connectivity index (χ0v) is 12.3. The minimum Gasteiger partial charge on any atom is -0.481 e. The van der Waals surface area contributed by atoms with Gasteiger partial charge in [0, 0.05) is 13.1 Å². The molecule has 0 saturated carbocycles. The summed E-state index contributed by atoms with van der Waals surface area (Å²) < 4.78 is 10.5. The maximum atomic E-state index is 12.1. The lowest BCUT2D eigenvalue weighted by Crippen LogP contribution is -2.51. The zero-order chi connectivity index (χ0) is 15.0. The summed E-state index contributed by atoms with van der Waals surface area (Å²) >= 11 is 0. The van der Waals surface area contributed by atoms with Gasteiger partial charge in [0.25, 0.3) is 0 Å². The fraction of sp³-hybridized carbons (Fsp3) is 0.857. The first-order valence-electron chi connectivity index (χ1n) is 7.05. The Labute approximate surface area is 119 Å². The summed E-state index contributed by atoms with van der Waals surface area (Å²) in [4.78, 5) is 25.3. The topological polar surface area (TPSA) is 79.4 Å². The molecule has 2 heterocycles. The van der Waals surface area contributed by atoms with Crippen molar-refractivity contribution in [3.05, 3.63) is 0 Å². The van der Waals surface area contributed by atoms with Crippen LogP contribution in [0.2, 0.25) is 0 Å². The Kier molecular flexibility index (Phi) is 3.95. The third kappa shape index (κ3) is 3.62. The summed E-state index contributed by atoms with van der Waals surface area (Å²) in [6, 6.07) is 0. The fourth-order valence-electron chi connectivity index (χ4n) is 2.66. The second kappa shape index (κ2) is 5.24. The van der Waals surface area contributed by atoms with E-state index < -0.39 is 23.1 Å². The number of carboxylic acid groups (broad SMARTS) is 1. The largest absolute Gasteiger partial charge is 0.481 e. The maximum absolute atomic E-state index is 12.1. The minimum absolute atomic E-state index is 0.0321. The van der Waals surface area contributed by atoms with Crippen LogP contribution in [0.3, 0.4) is 0 Å². The number of ether oxygens (including phenoxy) is 2. The Morgan fingerprint density at radius 1 is 1.45 bits per heavy atom. The van der Waals surface area contributed by atoms with Crippen molar-refractivity contribution in [2.75, 3.05) is 19.7 Å². The molecule has 2 aliphatic heterocycles. The first-order chi connectivity index (χ1) is 9.22. The van der Waals surface area contributed by atoms with E-state index in [1.165, 1.54) is 4.90 Å². The molecule has 1 amide bonds. The van der Waals surface area contributed by atoms with E-state index in [9.17, 15) is 14.7 Å². The van der Waals surface area contributed by atoms with Crippen molar-refractivity contribution < 1.29 is 24.2 Å². The van der Waals surface area contributed by atoms with Gasteiger partial charge in [-0.3, -0.25) is 4.79 Å². The average Bonchev–Trinajstić information content (AvgIpc) is 3.10. The highest BCUT2D eigenvalue weighted by Crippen LogP contribution is 2.38. The molecule has 2 atom stereocenters. The average molecular weight is 285 g/mol. The molecule has 0 spiro atoms. The Morgan fingerprint density at radius 3 is 2.60 bits per heavy atom. The molecular formula is C14H23NO5. The smallest absolute Gasteiger partial charge is 0.410 e. The van der Waals surface area contributed by atoms with Crippen LogP contribution in [0.5, 0.6) is 0 Å². The van der Waals surface area contributed by atoms with Gasteiger partial charge in [-0.15, -0.1) is 0 Å². The van der Waals surface area contributed by atoms with E-state index in [0.717, 1.165) is 0 Å². The number of epoxide rings is 1. The van der Waals surface area contributed by atoms with Gasteiger partial charge in [0.05, 0.1) is 18.1 Å². The van der Waals surface area contributed by atoms with Gasteiger partial charge in [0.15, 0.2) is 0 Å². The van der Waals surface area contributed by atoms with Crippen LogP contribution >= 0.6 is 0 Å². The SMILES string of the molecule is CC(C)(C)OC(=O)N1CCCC(CC2CO2)(C(=O)O)C1. The summed E-state index contributed by atoms with van der Waals surface area (Å²) in [5.74, 6) is -0.846. The van der Waals surface area contributed by atoms with Gasteiger partial charge in [0.2, 0.25) is 0 Å². The summed E-state index contributed by atoms with van der Waals surface area (Å²) in [5.41, 5.74) is -1.46. The molecule has 0 aliphatic carbocycles. The molecule has 2 aliphatic rings. The van der Waals surface area contributed by atoms with Crippen LogP contribution in [-0.2, 0) is 14.3 Å². The Bertz CT molecular complexity index is 399. The number of piperidine rings is 1. The predicted molar refractivity (Wildman–Crippen MR) is 71.5 cm³/mol. The quantitative estimate of drug-likeness (QED) is 0.801. The molecule has 20 heavy (non-hydrogen) atoms. The molecule has 1 N–H and O–H groups in total. The van der Waals surface area contributed by atoms with Gasteiger partial charge in [-0.25, -0.2) is 4.79 Å². The number of carbonyl (C=O) groups is 2. The predicted octanol–water partition coefficient (Wildman–Crippen LogP) is 1.88. The molecule has 2 unspecified atom stereocenters. The lowest BCUT2D eigenvalue weighted by Gasteiger charge is -2.40. The highest BCUT2D eigenvalue weighted by molar-refractivity contribution is 5.77. The normalized spacial score (nSPS) is 29.9. The number of nitrogens with zero attached hydrogens (tertiary/aromatic N) is 1. The number of hydrogen-bond acceptors (Lipinski definition) is 4. The number of hydrogen-bond donors (Lipinski definition) is 1. The van der Waals surface area contributed by atoms with Gasteiger partial charge >= 0.3 is 12.1 Å². The van der Waals surface area contributed by atoms with E-state index in [-0.39, 0.29) is 12.6 Å². The summed E-state index contributed by atoms with van der Waals surface area (Å²) in [5, 5.41) is 9.56. The van der Waals surface area contributed by atoms with Crippen molar-refractivity contribution in [2.45, 2.75) is 51.7 Å². The van der Waals surface area contributed by atoms with Crippen molar-refractivity contribution in [3.63, 3.8) is 0 Å². The van der Waals surface area contributed by atoms with Crippen LogP contribution in [0.4, 0.5) is 4.79 Å². The van der Waals surface area contributed by atoms with Crippen molar-refractivity contribution in [1.82, 2.24) is 4.90 Å². The van der Waals surface area contributed by atoms with Crippen LogP contribution in [0.1, 0.15) is 40.0 Å². The Hall–Kier alpha value is -1.30. The van der Waals surface area contributed by atoms with E-state index in [0.29, 0.717) is 32.4 Å². The first-order valence-corrected chi connectivity index (χ1v) is 7.05. The van der Waals surface area contributed by atoms with E-state index in [1.54, 1.807) is 20.8 Å². The first kappa shape index (κ1) is 15.1. The second-order valence-corrected chi connectivity index (χ2v) is 6.75. The number of carboxylic acids is 1. The molecule has 6 heteroatoms. The van der Waals surface area contributed by atoms with E-state index in [4.69, 9.17) is 9.47 Å². The number of aliphatic carboxylic acids is 1. The van der Waals surface area contributed by atoms with Gasteiger partial charge in [-0.2, -0.15) is 0 Å². The Balaban J connectivity index is 2.05. The maximum Gasteiger partial charge on any atom is 0.410 e. The lowest BCUT2D eigenvalue weighted by atomic mass is 9.76. The van der Waals surface area contributed by atoms with Crippen molar-refractivity contribution >= 4 is 12.1 Å². The molecule has 2 saturated heterocycles. The molecule has 6 nitrogen and oxygen atoms in total. The zero-order valence-electron chi connectivity index (χ0n) is 12.3. The number of carbonyl (C=O) groups excluding carboxylic acids is 1. The summed E-state index contributed by atoms with van der Waals surface area (Å²) in [7, 11) is 0. The molecule has 0 aromatic carbocycles. The molecular weight excluding hydrogens is 262 g/mol. The second-order valence-electron chi connectivity index (χ2n) is 6.75. The number of likely N-dealkylation sites (tertiary alicyclic amines) is 1. The van der Waals surface area contributed by atoms with Crippen LogP contribution in [0.15, 0.2) is 0 Å². The molecule has 0 radical (unpaired) electrons. The Morgan fingerprint density at radius 2 is 2.10 bits per heavy atom. The summed E-state index contributed by atoms with van der Waals surface area (Å²) in [6.45, 7) is 6.79. The standard InChI is InChI=1S/C14H23NO5/c1-13(2,3)20-12(18)15-6-4-5-14(9-15,11(16)17)7-10-8-19-10/h10H,4-9H2,1-3H3,(H,16,17). The number of amides is 1. The monoisotopic (exact) mass is 285 g/mol. The molecule has 2 rings (SSSR count). The fourth-order valence-corrected chi connectivity index (χ4v) is 2.66. The molecule has 0 aromatic rings. The molecule has 0 bridgehead atoms. The molecule has 2 fully saturated rings. The highest BCUT2D eigenvalue weighted by Gasteiger charge is 2.48. The van der Waals surface area contributed by atoms with Crippen LogP contribution in [0, 0.1) is 5.41 Å². The van der Waals surface area contributed by atoms with Gasteiger partial charge in [0.1, 0.15) is 5.60 Å². The molecule has 0 aromatic heterocycles. The van der Waals surface area contributed by atoms with Crippen molar-refractivity contribution in [2.24, 2.45) is 5.41 Å². The number of rotatable bonds is 3. The van der Waals surface area contributed by atoms with Crippen LogP contribution in [-0.4, -0.2) is 53.5 Å². The highest BCUT2D eigenvalue weighted by atomic mass is 16.6. The molecule has 114 valence electrons. The van der Waals surface area contributed by atoms with Crippen LogP contribution < -0.4 is 0 Å². The summed E-state index contributed by atoms with van der Waals surface area (Å²) in [6.07, 6.45) is 1.34. The van der Waals surface area contributed by atoms with Crippen LogP contribution in [0.25, 0.3) is 0 Å². The van der Waals surface area contributed by atoms with Gasteiger partial charge in [-0.1, -0.05) is 0 Å².